The Hall–Kier alpha value is -0.980. The summed E-state index contributed by atoms with van der Waals surface area (Å²) < 4.78 is 0. The van der Waals surface area contributed by atoms with Crippen LogP contribution in [0.1, 0.15) is 13.3 Å². The molecule has 11 heavy (non-hydrogen) atoms. The van der Waals surface area contributed by atoms with Gasteiger partial charge in [-0.1, -0.05) is 37.3 Å². The lowest BCUT2D eigenvalue weighted by Crippen LogP contribution is -2.34. The minimum Gasteiger partial charge on any atom is -0.384 e. The van der Waals surface area contributed by atoms with Crippen LogP contribution in [0, 0.1) is 5.41 Å². The van der Waals surface area contributed by atoms with E-state index in [1.807, 2.05) is 0 Å². The fourth-order valence-corrected chi connectivity index (χ4v) is 1.83. The maximum Gasteiger partial charge on any atom is 0.0568 e. The van der Waals surface area contributed by atoms with Gasteiger partial charge in [-0.3, -0.25) is 0 Å². The first-order valence-electron chi connectivity index (χ1n) is 4.17. The van der Waals surface area contributed by atoms with Gasteiger partial charge in [0.05, 0.1) is 6.04 Å². The lowest BCUT2D eigenvalue weighted by molar-refractivity contribution is 0.414. The molecule has 0 aromatic rings. The monoisotopic (exact) mass is 147 g/mol. The van der Waals surface area contributed by atoms with Gasteiger partial charge in [-0.05, 0) is 12.6 Å². The van der Waals surface area contributed by atoms with Crippen molar-refractivity contribution >= 4 is 0 Å². The molecule has 1 aliphatic heterocycles. The lowest BCUT2D eigenvalue weighted by Gasteiger charge is -2.30. The molecule has 0 saturated heterocycles. The molecule has 0 bridgehead atoms. The molecule has 0 spiro atoms. The predicted octanol–water partition coefficient (Wildman–Crippen LogP) is 1.99. The Morgan fingerprint density at radius 3 is 3.00 bits per heavy atom. The minimum atomic E-state index is 0.273. The van der Waals surface area contributed by atoms with E-state index in [2.05, 4.69) is 48.8 Å². The van der Waals surface area contributed by atoms with Crippen molar-refractivity contribution < 1.29 is 0 Å². The van der Waals surface area contributed by atoms with Gasteiger partial charge < -0.3 is 5.32 Å². The Kier molecular flexibility index (Phi) is 1.38. The van der Waals surface area contributed by atoms with Crippen molar-refractivity contribution in [2.45, 2.75) is 19.4 Å². The van der Waals surface area contributed by atoms with Crippen LogP contribution in [0.4, 0.5) is 0 Å². The van der Waals surface area contributed by atoms with Gasteiger partial charge in [0.15, 0.2) is 0 Å². The average Bonchev–Trinajstić information content (AvgIpc) is 2.48. The van der Waals surface area contributed by atoms with Gasteiger partial charge in [-0.15, -0.1) is 0 Å². The molecule has 1 nitrogen and oxygen atoms in total. The summed E-state index contributed by atoms with van der Waals surface area (Å²) >= 11 is 0. The van der Waals surface area contributed by atoms with E-state index in [4.69, 9.17) is 0 Å². The number of rotatable bonds is 1. The van der Waals surface area contributed by atoms with Crippen molar-refractivity contribution in [2.75, 3.05) is 0 Å². The van der Waals surface area contributed by atoms with Crippen molar-refractivity contribution in [2.24, 2.45) is 5.41 Å². The van der Waals surface area contributed by atoms with Crippen LogP contribution < -0.4 is 5.32 Å². The maximum absolute atomic E-state index is 3.33. The predicted molar refractivity (Wildman–Crippen MR) is 47.1 cm³/mol. The van der Waals surface area contributed by atoms with E-state index in [-0.39, 0.29) is 5.41 Å². The van der Waals surface area contributed by atoms with Crippen LogP contribution in [0.15, 0.2) is 36.6 Å². The van der Waals surface area contributed by atoms with Gasteiger partial charge in [0, 0.05) is 5.41 Å². The summed E-state index contributed by atoms with van der Waals surface area (Å²) in [5, 5.41) is 3.33. The highest BCUT2D eigenvalue weighted by Gasteiger charge is 2.34. The molecule has 0 fully saturated rings. The largest absolute Gasteiger partial charge is 0.384 e. The molecule has 0 radical (unpaired) electrons. The minimum absolute atomic E-state index is 0.273. The highest BCUT2D eigenvalue weighted by atomic mass is 14.9. The molecule has 1 heteroatoms. The summed E-state index contributed by atoms with van der Waals surface area (Å²) in [4.78, 5) is 0. The van der Waals surface area contributed by atoms with Gasteiger partial charge >= 0.3 is 0 Å². The fraction of sp³-hybridized carbons (Fsp3) is 0.400. The number of hydrogen-bond donors (Lipinski definition) is 1. The zero-order chi connectivity index (χ0) is 7.73. The first kappa shape index (κ1) is 6.71. The summed E-state index contributed by atoms with van der Waals surface area (Å²) in [6.07, 6.45) is 14.3. The summed E-state index contributed by atoms with van der Waals surface area (Å²) in [7, 11) is 0. The van der Waals surface area contributed by atoms with Crippen LogP contribution in [0.2, 0.25) is 0 Å². The SMILES string of the molecule is CCC12C=CC=CC1NC=C2. The zero-order valence-electron chi connectivity index (χ0n) is 6.75. The number of nitrogens with one attached hydrogen (secondary N) is 1. The molecule has 0 aromatic heterocycles. The van der Waals surface area contributed by atoms with E-state index >= 15 is 0 Å². The number of allylic oxidation sites excluding steroid dienone is 2. The van der Waals surface area contributed by atoms with E-state index in [0.717, 1.165) is 0 Å². The standard InChI is InChI=1S/C10H13N/c1-2-10-6-4-3-5-9(10)11-8-7-10/h3-9,11H,2H2,1H3. The molecule has 58 valence electrons. The molecular formula is C10H13N. The van der Waals surface area contributed by atoms with Crippen molar-refractivity contribution in [1.82, 2.24) is 5.32 Å². The number of hydrogen-bond acceptors (Lipinski definition) is 1. The second-order valence-electron chi connectivity index (χ2n) is 3.19. The van der Waals surface area contributed by atoms with E-state index in [1.54, 1.807) is 0 Å². The Morgan fingerprint density at radius 2 is 2.27 bits per heavy atom. The van der Waals surface area contributed by atoms with E-state index in [9.17, 15) is 0 Å². The van der Waals surface area contributed by atoms with Crippen LogP contribution in [-0.2, 0) is 0 Å². The Bertz CT molecular complexity index is 237. The fourth-order valence-electron chi connectivity index (χ4n) is 1.83. The topological polar surface area (TPSA) is 12.0 Å². The molecule has 0 aromatic carbocycles. The first-order chi connectivity index (χ1) is 5.37. The summed E-state index contributed by atoms with van der Waals surface area (Å²) in [5.41, 5.74) is 0.273. The van der Waals surface area contributed by atoms with E-state index in [0.29, 0.717) is 6.04 Å². The van der Waals surface area contributed by atoms with Crippen molar-refractivity contribution in [1.29, 1.82) is 0 Å². The van der Waals surface area contributed by atoms with Crippen LogP contribution in [0.25, 0.3) is 0 Å². The van der Waals surface area contributed by atoms with Crippen molar-refractivity contribution in [3.05, 3.63) is 36.6 Å². The average molecular weight is 147 g/mol. The molecule has 2 atom stereocenters. The Balaban J connectivity index is 2.34. The lowest BCUT2D eigenvalue weighted by atomic mass is 9.77. The Labute approximate surface area is 67.5 Å². The van der Waals surface area contributed by atoms with Gasteiger partial charge in [-0.25, -0.2) is 0 Å². The molecule has 1 heterocycles. The third kappa shape index (κ3) is 0.839. The molecule has 2 aliphatic rings. The molecule has 2 rings (SSSR count). The summed E-state index contributed by atoms with van der Waals surface area (Å²) in [6.45, 7) is 2.23. The van der Waals surface area contributed by atoms with Crippen LogP contribution >= 0.6 is 0 Å². The molecular weight excluding hydrogens is 134 g/mol. The molecule has 1 N–H and O–H groups in total. The normalized spacial score (nSPS) is 38.8. The van der Waals surface area contributed by atoms with Gasteiger partial charge in [0.25, 0.3) is 0 Å². The highest BCUT2D eigenvalue weighted by molar-refractivity contribution is 5.31. The Morgan fingerprint density at radius 1 is 1.36 bits per heavy atom. The molecule has 0 amide bonds. The van der Waals surface area contributed by atoms with Gasteiger partial charge in [-0.2, -0.15) is 0 Å². The van der Waals surface area contributed by atoms with E-state index in [1.165, 1.54) is 6.42 Å². The molecule has 2 unspecified atom stereocenters. The first-order valence-corrected chi connectivity index (χ1v) is 4.17. The third-order valence-corrected chi connectivity index (χ3v) is 2.68. The van der Waals surface area contributed by atoms with Crippen LogP contribution in [0.5, 0.6) is 0 Å². The summed E-state index contributed by atoms with van der Waals surface area (Å²) in [5.74, 6) is 0. The number of fused-ring (bicyclic) bond motifs is 1. The third-order valence-electron chi connectivity index (χ3n) is 2.68. The highest BCUT2D eigenvalue weighted by Crippen LogP contribution is 2.36. The summed E-state index contributed by atoms with van der Waals surface area (Å²) in [6, 6.07) is 0.498. The molecule has 0 saturated carbocycles. The molecule has 1 aliphatic carbocycles. The quantitative estimate of drug-likeness (QED) is 0.598. The van der Waals surface area contributed by atoms with E-state index < -0.39 is 0 Å². The van der Waals surface area contributed by atoms with Crippen LogP contribution in [-0.4, -0.2) is 6.04 Å². The van der Waals surface area contributed by atoms with Gasteiger partial charge in [0.2, 0.25) is 0 Å². The van der Waals surface area contributed by atoms with Gasteiger partial charge in [0.1, 0.15) is 0 Å². The second kappa shape index (κ2) is 2.26. The van der Waals surface area contributed by atoms with Crippen molar-refractivity contribution in [3.8, 4) is 0 Å². The maximum atomic E-state index is 3.33. The van der Waals surface area contributed by atoms with Crippen LogP contribution in [0.3, 0.4) is 0 Å². The smallest absolute Gasteiger partial charge is 0.0568 e. The zero-order valence-corrected chi connectivity index (χ0v) is 6.75. The second-order valence-corrected chi connectivity index (χ2v) is 3.19. The van der Waals surface area contributed by atoms with Crippen molar-refractivity contribution in [3.63, 3.8) is 0 Å².